The lowest BCUT2D eigenvalue weighted by molar-refractivity contribution is 0.0817. The van der Waals surface area contributed by atoms with E-state index in [0.29, 0.717) is 24.3 Å². The molecule has 0 fully saturated rings. The summed E-state index contributed by atoms with van der Waals surface area (Å²) in [6.07, 6.45) is 40.2. The largest absolute Gasteiger partial charge is 0.494 e. The third kappa shape index (κ3) is 32.2. The van der Waals surface area contributed by atoms with E-state index in [1.54, 1.807) is 60.3 Å². The molecule has 0 saturated carbocycles. The van der Waals surface area contributed by atoms with E-state index < -0.39 is 11.6 Å². The second-order valence-electron chi connectivity index (χ2n) is 14.2. The number of alkyl halides is 1. The lowest BCUT2D eigenvalue weighted by Gasteiger charge is -2.08. The lowest BCUT2D eigenvalue weighted by Crippen LogP contribution is -2.14. The fourth-order valence-electron chi connectivity index (χ4n) is 5.86. The lowest BCUT2D eigenvalue weighted by atomic mass is 10.0. The topological polar surface area (TPSA) is 52.6 Å². The number of ketones is 2. The molecule has 4 nitrogen and oxygen atoms in total. The molecule has 0 heterocycles. The van der Waals surface area contributed by atoms with Crippen LogP contribution in [0.15, 0.2) is 86.5 Å². The first-order valence-corrected chi connectivity index (χ1v) is 24.1. The number of thioether (sulfide) groups is 1. The molecule has 2 rings (SSSR count). The van der Waals surface area contributed by atoms with Crippen molar-refractivity contribution in [2.75, 3.05) is 31.1 Å². The Morgan fingerprint density at radius 1 is 0.473 bits per heavy atom. The zero-order valence-electron chi connectivity index (χ0n) is 35.0. The molecule has 0 aliphatic heterocycles. The minimum Gasteiger partial charge on any atom is -0.494 e. The van der Waals surface area contributed by atoms with E-state index in [4.69, 9.17) is 9.47 Å². The van der Waals surface area contributed by atoms with Gasteiger partial charge in [0.1, 0.15) is 11.5 Å². The van der Waals surface area contributed by atoms with Crippen molar-refractivity contribution in [1.82, 2.24) is 0 Å². The number of Topliss-reactive ketones (excluding diaryl/α,β-unsaturated/α-hetero) is 2. The van der Waals surface area contributed by atoms with Crippen LogP contribution in [0.5, 0.6) is 11.5 Å². The van der Waals surface area contributed by atoms with Crippen molar-refractivity contribution in [3.05, 3.63) is 97.6 Å². The van der Waals surface area contributed by atoms with Gasteiger partial charge in [-0.2, -0.15) is 11.8 Å². The summed E-state index contributed by atoms with van der Waals surface area (Å²) >= 11 is 5.19. The van der Waals surface area contributed by atoms with Crippen molar-refractivity contribution in [1.29, 1.82) is 0 Å². The van der Waals surface area contributed by atoms with E-state index in [1.165, 1.54) is 121 Å². The maximum atomic E-state index is 12.7. The zero-order chi connectivity index (χ0) is 40.5. The van der Waals surface area contributed by atoms with Gasteiger partial charge in [-0.1, -0.05) is 130 Å². The fraction of sp³-hybridized carbons (Fsp3) is 0.592. The van der Waals surface area contributed by atoms with Crippen LogP contribution in [0.25, 0.3) is 0 Å². The molecule has 0 unspecified atom stereocenters. The molecule has 6 heteroatoms. The molecule has 2 aromatic carbocycles. The molecule has 0 aromatic heterocycles. The summed E-state index contributed by atoms with van der Waals surface area (Å²) in [5, 5.41) is 1.17. The van der Waals surface area contributed by atoms with Crippen molar-refractivity contribution in [3.8, 4) is 11.5 Å². The Balaban J connectivity index is 0.00000163. The molecule has 0 bridgehead atoms. The van der Waals surface area contributed by atoms with E-state index in [2.05, 4.69) is 35.7 Å². The molecule has 2 aromatic rings. The van der Waals surface area contributed by atoms with Crippen LogP contribution in [0.2, 0.25) is 0 Å². The first-order valence-electron chi connectivity index (χ1n) is 21.3. The molecule has 0 aliphatic rings. The van der Waals surface area contributed by atoms with Crippen molar-refractivity contribution >= 4 is 39.3 Å². The Morgan fingerprint density at radius 3 is 1.00 bits per heavy atom. The first kappa shape index (κ1) is 52.4. The molecule has 0 amide bonds. The number of allylic oxidation sites excluding steroid dienone is 3. The van der Waals surface area contributed by atoms with Crippen molar-refractivity contribution in [2.45, 2.75) is 154 Å². The van der Waals surface area contributed by atoms with Crippen molar-refractivity contribution < 1.29 is 19.1 Å². The summed E-state index contributed by atoms with van der Waals surface area (Å²) in [4.78, 5) is 25.5. The van der Waals surface area contributed by atoms with Crippen LogP contribution in [0.1, 0.15) is 175 Å². The highest BCUT2D eigenvalue weighted by Gasteiger charge is 2.18. The van der Waals surface area contributed by atoms with E-state index in [-0.39, 0.29) is 0 Å². The predicted octanol–water partition coefficient (Wildman–Crippen LogP) is 15.8. The molecule has 0 aliphatic carbocycles. The molecular formula is C49H77BrO4S. The summed E-state index contributed by atoms with van der Waals surface area (Å²) in [7, 11) is 0. The van der Waals surface area contributed by atoms with E-state index in [9.17, 15) is 9.59 Å². The number of rotatable bonds is 34. The Kier molecular flexibility index (Phi) is 39.2. The van der Waals surface area contributed by atoms with Crippen LogP contribution in [0.4, 0.5) is 0 Å². The average Bonchev–Trinajstić information content (AvgIpc) is 3.21. The Labute approximate surface area is 350 Å². The van der Waals surface area contributed by atoms with Gasteiger partial charge in [-0.05, 0) is 119 Å². The van der Waals surface area contributed by atoms with Gasteiger partial charge in [0, 0.05) is 16.5 Å². The number of hydrogen-bond acceptors (Lipinski definition) is 5. The number of unbranched alkanes of at least 4 members (excludes halogenated alkanes) is 21. The third-order valence-electron chi connectivity index (χ3n) is 9.12. The number of benzene rings is 2. The number of hydrogen-bond donors (Lipinski definition) is 0. The van der Waals surface area contributed by atoms with Gasteiger partial charge in [-0.3, -0.25) is 9.59 Å². The smallest absolute Gasteiger partial charge is 0.233 e. The summed E-state index contributed by atoms with van der Waals surface area (Å²) in [6, 6.07) is 13.7. The number of carbonyl (C=O) groups excluding carboxylic acids is 2. The summed E-state index contributed by atoms with van der Waals surface area (Å²) in [5.41, 5.74) is 0.740. The van der Waals surface area contributed by atoms with Crippen LogP contribution in [-0.4, -0.2) is 42.6 Å². The molecule has 0 N–H and O–H groups in total. The molecule has 310 valence electrons. The third-order valence-corrected chi connectivity index (χ3v) is 9.68. The molecule has 0 saturated heterocycles. The van der Waals surface area contributed by atoms with E-state index in [1.807, 2.05) is 30.7 Å². The zero-order valence-corrected chi connectivity index (χ0v) is 37.4. The van der Waals surface area contributed by atoms with Crippen molar-refractivity contribution in [2.24, 2.45) is 0 Å². The molecule has 0 atom stereocenters. The van der Waals surface area contributed by atoms with Crippen LogP contribution in [-0.2, 0) is 0 Å². The normalized spacial score (nSPS) is 10.3. The standard InChI is InChI=1S/C36H50O4.C11H21Br.C2H6S/c1-3-5-7-9-11-13-15-17-19-29-39-33-25-21-31(22-26-33)35(37)36(38)32-23-27-34(28-24-32)40-30-20-18-16-14-12-10-8-6-4-2;1-2-3-4-5-6-7-8-9-10-11-12;1-3-2/h3-4,21-28H,1-2,5-20,29-30H2;2H,1,3-11H2;1-2H3. The van der Waals surface area contributed by atoms with Crippen LogP contribution >= 0.6 is 27.7 Å². The van der Waals surface area contributed by atoms with E-state index in [0.717, 1.165) is 50.0 Å². The van der Waals surface area contributed by atoms with Crippen LogP contribution < -0.4 is 9.47 Å². The summed E-state index contributed by atoms with van der Waals surface area (Å²) < 4.78 is 11.6. The molecular weight excluding hydrogens is 765 g/mol. The maximum absolute atomic E-state index is 12.7. The van der Waals surface area contributed by atoms with Crippen molar-refractivity contribution in [3.63, 3.8) is 0 Å². The fourth-order valence-corrected chi connectivity index (χ4v) is 6.26. The second kappa shape index (κ2) is 41.1. The predicted molar refractivity (Wildman–Crippen MR) is 247 cm³/mol. The van der Waals surface area contributed by atoms with Gasteiger partial charge in [0.25, 0.3) is 0 Å². The minimum absolute atomic E-state index is 0.370. The SMILES string of the molecule is C=CCCCCCCCCCBr.C=CCCCCCCCCCOc1ccc(C(=O)C(=O)c2ccc(OCCCCCCCCCC=C)cc2)cc1.CSC. The highest BCUT2D eigenvalue weighted by molar-refractivity contribution is 9.09. The van der Waals surface area contributed by atoms with Gasteiger partial charge in [0.2, 0.25) is 11.6 Å². The average molecular weight is 842 g/mol. The van der Waals surface area contributed by atoms with Gasteiger partial charge in [0.05, 0.1) is 13.2 Å². The molecule has 0 spiro atoms. The van der Waals surface area contributed by atoms with Crippen LogP contribution in [0.3, 0.4) is 0 Å². The second-order valence-corrected chi connectivity index (χ2v) is 15.8. The van der Waals surface area contributed by atoms with Gasteiger partial charge >= 0.3 is 0 Å². The van der Waals surface area contributed by atoms with Gasteiger partial charge in [-0.25, -0.2) is 0 Å². The van der Waals surface area contributed by atoms with E-state index >= 15 is 0 Å². The Morgan fingerprint density at radius 2 is 0.727 bits per heavy atom. The number of carbonyl (C=O) groups is 2. The Hall–Kier alpha value is -2.57. The number of halogens is 1. The van der Waals surface area contributed by atoms with Crippen LogP contribution in [0, 0.1) is 0 Å². The quantitative estimate of drug-likeness (QED) is 0.0231. The highest BCUT2D eigenvalue weighted by atomic mass is 79.9. The minimum atomic E-state index is -0.516. The van der Waals surface area contributed by atoms with Gasteiger partial charge in [-0.15, -0.1) is 19.7 Å². The summed E-state index contributed by atoms with van der Waals surface area (Å²) in [6.45, 7) is 12.6. The summed E-state index contributed by atoms with van der Waals surface area (Å²) in [5.74, 6) is 0.410. The van der Waals surface area contributed by atoms with Gasteiger partial charge in [0.15, 0.2) is 0 Å². The molecule has 0 radical (unpaired) electrons. The van der Waals surface area contributed by atoms with Gasteiger partial charge < -0.3 is 9.47 Å². The Bertz CT molecular complexity index is 1110. The number of ether oxygens (including phenoxy) is 2. The maximum Gasteiger partial charge on any atom is 0.233 e. The first-order chi connectivity index (χ1) is 27.0. The molecule has 55 heavy (non-hydrogen) atoms. The highest BCUT2D eigenvalue weighted by Crippen LogP contribution is 2.18. The monoisotopic (exact) mass is 840 g/mol.